The maximum Gasteiger partial charge on any atom is 0.144 e. The summed E-state index contributed by atoms with van der Waals surface area (Å²) in [4.78, 5) is 13.6. The van der Waals surface area contributed by atoms with Crippen molar-refractivity contribution in [3.63, 3.8) is 0 Å². The van der Waals surface area contributed by atoms with Gasteiger partial charge in [-0.25, -0.2) is 0 Å². The maximum atomic E-state index is 13.6. The summed E-state index contributed by atoms with van der Waals surface area (Å²) < 4.78 is 18.6. The predicted molar refractivity (Wildman–Crippen MR) is 115 cm³/mol. The predicted octanol–water partition coefficient (Wildman–Crippen LogP) is 3.18. The van der Waals surface area contributed by atoms with Crippen molar-refractivity contribution in [2.24, 2.45) is 35.5 Å². The summed E-state index contributed by atoms with van der Waals surface area (Å²) in [7, 11) is 1.61. The number of rotatable bonds is 2. The highest BCUT2D eigenvalue weighted by atomic mass is 16.5. The van der Waals surface area contributed by atoms with Gasteiger partial charge in [0.1, 0.15) is 29.4 Å². The number of methoxy groups -OCH3 is 1. The third-order valence-corrected chi connectivity index (χ3v) is 7.99. The number of hydrogen-bond acceptors (Lipinski definition) is 6. The summed E-state index contributed by atoms with van der Waals surface area (Å²) in [6.07, 6.45) is 4.89. The number of hydrogen-bond donors (Lipinski definition) is 1. The van der Waals surface area contributed by atoms with Gasteiger partial charge in [0, 0.05) is 30.8 Å². The van der Waals surface area contributed by atoms with Gasteiger partial charge in [-0.15, -0.1) is 0 Å². The number of carbonyl (C=O) groups excluding carboxylic acids is 1. The van der Waals surface area contributed by atoms with Crippen molar-refractivity contribution in [2.45, 2.75) is 64.1 Å². The largest absolute Gasteiger partial charge is 0.489 e. The topological polar surface area (TPSA) is 88.8 Å². The molecule has 4 rings (SSSR count). The van der Waals surface area contributed by atoms with Gasteiger partial charge in [-0.3, -0.25) is 4.79 Å². The molecule has 0 radical (unpaired) electrons. The highest BCUT2D eigenvalue weighted by Crippen LogP contribution is 2.60. The number of ether oxygens (including phenoxy) is 3. The molecule has 1 spiro atoms. The van der Waals surface area contributed by atoms with E-state index in [1.165, 1.54) is 0 Å². The monoisotopic (exact) mass is 427 g/mol. The van der Waals surface area contributed by atoms with Crippen LogP contribution in [-0.4, -0.2) is 48.0 Å². The van der Waals surface area contributed by atoms with E-state index in [4.69, 9.17) is 14.2 Å². The van der Waals surface area contributed by atoms with Gasteiger partial charge in [-0.1, -0.05) is 38.7 Å². The molecule has 6 nitrogen and oxygen atoms in total. The molecular weight excluding hydrogens is 394 g/mol. The molecule has 4 aliphatic rings. The number of ketones is 1. The third-order valence-electron chi connectivity index (χ3n) is 7.99. The van der Waals surface area contributed by atoms with Crippen LogP contribution in [0.2, 0.25) is 0 Å². The Bertz CT molecular complexity index is 870. The Hall–Kier alpha value is -1.94. The van der Waals surface area contributed by atoms with Gasteiger partial charge in [0.15, 0.2) is 0 Å². The van der Waals surface area contributed by atoms with E-state index in [-0.39, 0.29) is 41.5 Å². The second-order valence-electron chi connectivity index (χ2n) is 9.73. The molecule has 0 amide bonds. The van der Waals surface area contributed by atoms with E-state index in [9.17, 15) is 15.2 Å². The molecule has 4 bridgehead atoms. The van der Waals surface area contributed by atoms with Crippen LogP contribution in [0.1, 0.15) is 34.1 Å². The average molecular weight is 428 g/mol. The van der Waals surface area contributed by atoms with Crippen molar-refractivity contribution >= 4 is 5.78 Å². The van der Waals surface area contributed by atoms with E-state index in [2.05, 4.69) is 30.9 Å². The number of Topliss-reactive ketones (excluding diaryl/α,β-unsaturated/α-hetero) is 1. The van der Waals surface area contributed by atoms with Gasteiger partial charge in [0.05, 0.1) is 30.1 Å². The molecule has 168 valence electrons. The van der Waals surface area contributed by atoms with Crippen LogP contribution in [0.5, 0.6) is 0 Å². The molecule has 11 atom stereocenters. The highest BCUT2D eigenvalue weighted by Gasteiger charge is 2.68. The van der Waals surface area contributed by atoms with Crippen LogP contribution in [0.3, 0.4) is 0 Å². The van der Waals surface area contributed by atoms with E-state index < -0.39 is 29.8 Å². The molecule has 0 aromatic heterocycles. The third kappa shape index (κ3) is 3.13. The number of carbonyl (C=O) groups is 1. The van der Waals surface area contributed by atoms with Crippen LogP contribution in [0.25, 0.3) is 0 Å². The van der Waals surface area contributed by atoms with Gasteiger partial charge in [-0.2, -0.15) is 5.26 Å². The van der Waals surface area contributed by atoms with Crippen LogP contribution in [0.4, 0.5) is 0 Å². The van der Waals surface area contributed by atoms with Crippen molar-refractivity contribution in [1.82, 2.24) is 0 Å². The molecule has 1 saturated carbocycles. The lowest BCUT2D eigenvalue weighted by atomic mass is 9.57. The van der Waals surface area contributed by atoms with Crippen molar-refractivity contribution in [3.8, 4) is 6.07 Å². The summed E-state index contributed by atoms with van der Waals surface area (Å²) in [5, 5.41) is 20.2. The summed E-state index contributed by atoms with van der Waals surface area (Å²) in [5.74, 6) is -0.933. The zero-order chi connectivity index (χ0) is 22.7. The summed E-state index contributed by atoms with van der Waals surface area (Å²) in [6.45, 7) is 11.6. The first-order valence-corrected chi connectivity index (χ1v) is 11.2. The fourth-order valence-electron chi connectivity index (χ4n) is 6.43. The molecule has 31 heavy (non-hydrogen) atoms. The number of nitrogens with zero attached hydrogens (tertiary/aromatic N) is 1. The first-order chi connectivity index (χ1) is 14.7. The number of aliphatic hydroxyl groups is 1. The van der Waals surface area contributed by atoms with Crippen molar-refractivity contribution in [3.05, 3.63) is 36.1 Å². The van der Waals surface area contributed by atoms with Crippen molar-refractivity contribution in [2.75, 3.05) is 7.11 Å². The molecule has 0 aromatic carbocycles. The Balaban J connectivity index is 1.89. The Morgan fingerprint density at radius 2 is 2.10 bits per heavy atom. The maximum absolute atomic E-state index is 13.6. The Morgan fingerprint density at radius 3 is 2.71 bits per heavy atom. The van der Waals surface area contributed by atoms with Gasteiger partial charge in [0.2, 0.25) is 0 Å². The Kier molecular flexibility index (Phi) is 5.66. The molecule has 1 unspecified atom stereocenters. The minimum atomic E-state index is -0.826. The lowest BCUT2D eigenvalue weighted by molar-refractivity contribution is -0.133. The van der Waals surface area contributed by atoms with Crippen LogP contribution in [-0.2, 0) is 19.0 Å². The van der Waals surface area contributed by atoms with Crippen LogP contribution < -0.4 is 0 Å². The first-order valence-electron chi connectivity index (χ1n) is 11.2. The standard InChI is InChI=1S/C25H33NO5/c1-12-9-13(2)25-17(10-20(29-6)16(5)30-23(12)15(4)27)7-8-18-21(25)22(28)14(3)19(11-26)24(18)31-25/h7-9,12,14-15,17-21,23-24,27H,5,10H2,1-4,6H3/b13-9+/t12-,14?,15-,17-,18-,19-,20+,21+,23+,24-,25+/m1/s1. The van der Waals surface area contributed by atoms with Gasteiger partial charge in [-0.05, 0) is 25.8 Å². The average Bonchev–Trinajstić information content (AvgIpc) is 2.91. The van der Waals surface area contributed by atoms with Gasteiger partial charge < -0.3 is 19.3 Å². The second kappa shape index (κ2) is 7.88. The Labute approximate surface area is 184 Å². The van der Waals surface area contributed by atoms with E-state index in [0.717, 1.165) is 5.57 Å². The smallest absolute Gasteiger partial charge is 0.144 e. The fraction of sp³-hybridized carbons (Fsp3) is 0.680. The molecule has 6 heteroatoms. The summed E-state index contributed by atoms with van der Waals surface area (Å²) in [5.41, 5.74) is 0.134. The van der Waals surface area contributed by atoms with E-state index in [1.807, 2.05) is 20.8 Å². The zero-order valence-electron chi connectivity index (χ0n) is 18.9. The van der Waals surface area contributed by atoms with Crippen molar-refractivity contribution in [1.29, 1.82) is 5.26 Å². The molecular formula is C25H33NO5. The lowest BCUT2D eigenvalue weighted by Crippen LogP contribution is -2.53. The van der Waals surface area contributed by atoms with Crippen LogP contribution in [0, 0.1) is 46.8 Å². The minimum Gasteiger partial charge on any atom is -0.489 e. The molecule has 1 N–H and O–H groups in total. The van der Waals surface area contributed by atoms with Gasteiger partial charge in [0.25, 0.3) is 0 Å². The summed E-state index contributed by atoms with van der Waals surface area (Å²) in [6, 6.07) is 2.35. The molecule has 2 heterocycles. The number of aliphatic hydroxyl groups excluding tert-OH is 1. The Morgan fingerprint density at radius 1 is 1.39 bits per heavy atom. The van der Waals surface area contributed by atoms with Crippen LogP contribution in [0.15, 0.2) is 36.1 Å². The SMILES string of the molecule is C=C1O[C@H]([C@@H](C)O)[C@H](C)/C=C(\C)[C@]23O[C@@H]4[C@H](C=C[C@@H]2C[C@@H]1OC)[C@H]3C(=O)C(C)[C@H]4C#N. The molecule has 1 saturated heterocycles. The molecule has 2 aliphatic heterocycles. The van der Waals surface area contributed by atoms with Crippen LogP contribution >= 0.6 is 0 Å². The molecule has 2 aliphatic carbocycles. The molecule has 2 fully saturated rings. The zero-order valence-corrected chi connectivity index (χ0v) is 18.9. The molecule has 0 aromatic rings. The minimum absolute atomic E-state index is 0.0980. The number of nitriles is 1. The normalized spacial score (nSPS) is 49.3. The van der Waals surface area contributed by atoms with Crippen molar-refractivity contribution < 1.29 is 24.1 Å². The van der Waals surface area contributed by atoms with E-state index >= 15 is 0 Å². The van der Waals surface area contributed by atoms with Gasteiger partial charge >= 0.3 is 0 Å². The van der Waals surface area contributed by atoms with E-state index in [1.54, 1.807) is 14.0 Å². The first kappa shape index (κ1) is 22.3. The lowest BCUT2D eigenvalue weighted by Gasteiger charge is -2.46. The fourth-order valence-corrected chi connectivity index (χ4v) is 6.43. The second-order valence-corrected chi connectivity index (χ2v) is 9.73. The van der Waals surface area contributed by atoms with E-state index in [0.29, 0.717) is 12.2 Å². The summed E-state index contributed by atoms with van der Waals surface area (Å²) >= 11 is 0. The quantitative estimate of drug-likeness (QED) is 0.681. The highest BCUT2D eigenvalue weighted by molar-refractivity contribution is 5.88.